The molecule has 0 aromatic heterocycles. The molecular formula is C11H13BrFN. The first-order valence-corrected chi connectivity index (χ1v) is 5.23. The largest absolute Gasteiger partial charge is 0.327 e. The summed E-state index contributed by atoms with van der Waals surface area (Å²) in [6.45, 7) is 3.63. The highest BCUT2D eigenvalue weighted by Gasteiger charge is 2.06. The molecule has 0 spiro atoms. The fourth-order valence-corrected chi connectivity index (χ4v) is 1.78. The van der Waals surface area contributed by atoms with Crippen molar-refractivity contribution in [2.45, 2.75) is 18.9 Å². The highest BCUT2D eigenvalue weighted by atomic mass is 79.9. The van der Waals surface area contributed by atoms with Gasteiger partial charge in [-0.2, -0.15) is 0 Å². The molecule has 14 heavy (non-hydrogen) atoms. The van der Waals surface area contributed by atoms with Crippen LogP contribution in [0.4, 0.5) is 4.39 Å². The molecule has 0 aliphatic carbocycles. The second-order valence-corrected chi connectivity index (χ2v) is 4.08. The molecule has 0 fully saturated rings. The highest BCUT2D eigenvalue weighted by Crippen LogP contribution is 2.19. The third kappa shape index (κ3) is 3.24. The van der Waals surface area contributed by atoms with Gasteiger partial charge in [0.25, 0.3) is 0 Å². The second-order valence-electron chi connectivity index (χ2n) is 3.22. The fraction of sp³-hybridized carbons (Fsp3) is 0.273. The lowest BCUT2D eigenvalue weighted by atomic mass is 10.0. The standard InChI is InChI=1S/C11H13BrFN/c1-2-3-10(14)6-8-4-5-9(13)7-11(8)12/h2,4-5,7,10H,1,3,6,14H2. The van der Waals surface area contributed by atoms with Crippen molar-refractivity contribution < 1.29 is 4.39 Å². The molecule has 1 rings (SSSR count). The zero-order valence-electron chi connectivity index (χ0n) is 7.84. The molecule has 1 nitrogen and oxygen atoms in total. The molecule has 1 unspecified atom stereocenters. The number of rotatable bonds is 4. The van der Waals surface area contributed by atoms with E-state index in [0.717, 1.165) is 22.9 Å². The van der Waals surface area contributed by atoms with Crippen molar-refractivity contribution in [3.05, 3.63) is 46.7 Å². The van der Waals surface area contributed by atoms with Crippen LogP contribution in [0.5, 0.6) is 0 Å². The number of halogens is 2. The van der Waals surface area contributed by atoms with Crippen LogP contribution in [0.3, 0.4) is 0 Å². The third-order valence-corrected chi connectivity index (χ3v) is 2.70. The van der Waals surface area contributed by atoms with Crippen LogP contribution in [0.25, 0.3) is 0 Å². The van der Waals surface area contributed by atoms with Crippen LogP contribution in [0.2, 0.25) is 0 Å². The van der Waals surface area contributed by atoms with Crippen molar-refractivity contribution in [3.8, 4) is 0 Å². The predicted octanol–water partition coefficient (Wildman–Crippen LogP) is 3.03. The molecule has 0 aliphatic heterocycles. The van der Waals surface area contributed by atoms with Gasteiger partial charge in [-0.1, -0.05) is 28.1 Å². The van der Waals surface area contributed by atoms with Gasteiger partial charge >= 0.3 is 0 Å². The Labute approximate surface area is 91.9 Å². The Morgan fingerprint density at radius 1 is 1.57 bits per heavy atom. The predicted molar refractivity (Wildman–Crippen MR) is 60.6 cm³/mol. The molecule has 2 N–H and O–H groups in total. The molecule has 76 valence electrons. The normalized spacial score (nSPS) is 12.5. The zero-order chi connectivity index (χ0) is 10.6. The van der Waals surface area contributed by atoms with E-state index in [1.165, 1.54) is 12.1 Å². The first kappa shape index (κ1) is 11.4. The second kappa shape index (κ2) is 5.27. The number of hydrogen-bond acceptors (Lipinski definition) is 1. The fourth-order valence-electron chi connectivity index (χ4n) is 1.27. The maximum atomic E-state index is 12.8. The van der Waals surface area contributed by atoms with Crippen LogP contribution >= 0.6 is 15.9 Å². The molecule has 1 aromatic carbocycles. The maximum Gasteiger partial charge on any atom is 0.124 e. The van der Waals surface area contributed by atoms with E-state index in [9.17, 15) is 4.39 Å². The summed E-state index contributed by atoms with van der Waals surface area (Å²) in [4.78, 5) is 0. The third-order valence-electron chi connectivity index (χ3n) is 1.97. The van der Waals surface area contributed by atoms with Gasteiger partial charge in [-0.05, 0) is 30.5 Å². The Morgan fingerprint density at radius 3 is 2.86 bits per heavy atom. The van der Waals surface area contributed by atoms with Crippen LogP contribution in [0.15, 0.2) is 35.3 Å². The van der Waals surface area contributed by atoms with E-state index in [0.29, 0.717) is 0 Å². The summed E-state index contributed by atoms with van der Waals surface area (Å²) in [7, 11) is 0. The first-order valence-electron chi connectivity index (χ1n) is 4.44. The summed E-state index contributed by atoms with van der Waals surface area (Å²) in [5, 5.41) is 0. The summed E-state index contributed by atoms with van der Waals surface area (Å²) >= 11 is 3.31. The zero-order valence-corrected chi connectivity index (χ0v) is 9.43. The van der Waals surface area contributed by atoms with Crippen molar-refractivity contribution in [1.29, 1.82) is 0 Å². The summed E-state index contributed by atoms with van der Waals surface area (Å²) in [6.07, 6.45) is 3.29. The van der Waals surface area contributed by atoms with Crippen molar-refractivity contribution >= 4 is 15.9 Å². The topological polar surface area (TPSA) is 26.0 Å². The van der Waals surface area contributed by atoms with E-state index in [2.05, 4.69) is 22.5 Å². The minimum Gasteiger partial charge on any atom is -0.327 e. The molecule has 1 aromatic rings. The van der Waals surface area contributed by atoms with Crippen LogP contribution in [-0.4, -0.2) is 6.04 Å². The summed E-state index contributed by atoms with van der Waals surface area (Å²) in [5.41, 5.74) is 6.87. The minimum atomic E-state index is -0.238. The van der Waals surface area contributed by atoms with Crippen molar-refractivity contribution in [3.63, 3.8) is 0 Å². The monoisotopic (exact) mass is 257 g/mol. The van der Waals surface area contributed by atoms with Gasteiger partial charge < -0.3 is 5.73 Å². The lowest BCUT2D eigenvalue weighted by molar-refractivity contribution is 0.623. The van der Waals surface area contributed by atoms with Gasteiger partial charge in [0.15, 0.2) is 0 Å². The molecule has 0 saturated heterocycles. The lowest BCUT2D eigenvalue weighted by Gasteiger charge is -2.10. The van der Waals surface area contributed by atoms with Crippen molar-refractivity contribution in [2.75, 3.05) is 0 Å². The van der Waals surface area contributed by atoms with Crippen LogP contribution < -0.4 is 5.73 Å². The van der Waals surface area contributed by atoms with Crippen molar-refractivity contribution in [1.82, 2.24) is 0 Å². The van der Waals surface area contributed by atoms with Crippen LogP contribution in [0, 0.1) is 5.82 Å². The van der Waals surface area contributed by atoms with Gasteiger partial charge in [-0.15, -0.1) is 6.58 Å². The Hall–Kier alpha value is -0.670. The molecule has 3 heteroatoms. The van der Waals surface area contributed by atoms with E-state index in [1.54, 1.807) is 12.1 Å². The van der Waals surface area contributed by atoms with E-state index in [1.807, 2.05) is 0 Å². The molecule has 1 atom stereocenters. The quantitative estimate of drug-likeness (QED) is 0.825. The van der Waals surface area contributed by atoms with Gasteiger partial charge in [0, 0.05) is 10.5 Å². The number of hydrogen-bond donors (Lipinski definition) is 1. The average Bonchev–Trinajstić information content (AvgIpc) is 2.10. The molecule has 0 amide bonds. The van der Waals surface area contributed by atoms with E-state index < -0.39 is 0 Å². The molecule has 0 saturated carbocycles. The van der Waals surface area contributed by atoms with Gasteiger partial charge in [0.2, 0.25) is 0 Å². The Kier molecular flexibility index (Phi) is 4.29. The Bertz CT molecular complexity index is 325. The number of benzene rings is 1. The average molecular weight is 258 g/mol. The summed E-state index contributed by atoms with van der Waals surface area (Å²) < 4.78 is 13.5. The summed E-state index contributed by atoms with van der Waals surface area (Å²) in [5.74, 6) is -0.238. The van der Waals surface area contributed by atoms with E-state index in [4.69, 9.17) is 5.73 Å². The SMILES string of the molecule is C=CCC(N)Cc1ccc(F)cc1Br. The Morgan fingerprint density at radius 2 is 2.29 bits per heavy atom. The van der Waals surface area contributed by atoms with Crippen molar-refractivity contribution in [2.24, 2.45) is 5.73 Å². The van der Waals surface area contributed by atoms with Gasteiger partial charge in [0.05, 0.1) is 0 Å². The van der Waals surface area contributed by atoms with Gasteiger partial charge in [0.1, 0.15) is 5.82 Å². The van der Waals surface area contributed by atoms with Crippen LogP contribution in [-0.2, 0) is 6.42 Å². The van der Waals surface area contributed by atoms with Gasteiger partial charge in [-0.25, -0.2) is 4.39 Å². The maximum absolute atomic E-state index is 12.8. The minimum absolute atomic E-state index is 0.0502. The van der Waals surface area contributed by atoms with Crippen LogP contribution in [0.1, 0.15) is 12.0 Å². The number of nitrogens with two attached hydrogens (primary N) is 1. The smallest absolute Gasteiger partial charge is 0.124 e. The molecule has 0 aliphatic rings. The molecule has 0 bridgehead atoms. The van der Waals surface area contributed by atoms with Gasteiger partial charge in [-0.3, -0.25) is 0 Å². The van der Waals surface area contributed by atoms with E-state index in [-0.39, 0.29) is 11.9 Å². The molecular weight excluding hydrogens is 245 g/mol. The van der Waals surface area contributed by atoms with E-state index >= 15 is 0 Å². The lowest BCUT2D eigenvalue weighted by Crippen LogP contribution is -2.21. The molecule has 0 radical (unpaired) electrons. The Balaban J connectivity index is 2.71. The first-order chi connectivity index (χ1) is 6.63. The molecule has 0 heterocycles. The summed E-state index contributed by atoms with van der Waals surface area (Å²) in [6, 6.07) is 4.70. The highest BCUT2D eigenvalue weighted by molar-refractivity contribution is 9.10.